The number of hydrazine groups is 1. The first-order chi connectivity index (χ1) is 18.9. The van der Waals surface area contributed by atoms with Crippen molar-refractivity contribution in [1.82, 2.24) is 28.9 Å². The van der Waals surface area contributed by atoms with Crippen molar-refractivity contribution in [2.75, 3.05) is 17.7 Å². The number of anilines is 2. The second kappa shape index (κ2) is 10.4. The number of carbonyl (C=O) groups is 2. The Morgan fingerprint density at radius 1 is 1.05 bits per heavy atom. The summed E-state index contributed by atoms with van der Waals surface area (Å²) in [5, 5.41) is 13.7. The number of amides is 4. The monoisotopic (exact) mass is 580 g/mol. The highest BCUT2D eigenvalue weighted by Crippen LogP contribution is 2.28. The molecule has 12 nitrogen and oxygen atoms in total. The number of urea groups is 2. The number of hydrogen-bond donors (Lipinski definition) is 3. The minimum atomic E-state index is -3.94. The van der Waals surface area contributed by atoms with E-state index < -0.39 is 22.3 Å². The van der Waals surface area contributed by atoms with Crippen molar-refractivity contribution in [3.63, 3.8) is 0 Å². The fraction of sp³-hybridized carbons (Fsp3) is 0.231. The average Bonchev–Trinajstić information content (AvgIpc) is 3.59. The SMILES string of the molecule is CN1C(=O)NS(=O)(=O)N1Cc1ccc(-n2nc(C(C)(C)C)cc2NC(=O)Nc2nc(-c3ccccc3)cs2)cc1. The number of hydrogen-bond acceptors (Lipinski definition) is 7. The van der Waals surface area contributed by atoms with Gasteiger partial charge in [0.25, 0.3) is 0 Å². The summed E-state index contributed by atoms with van der Waals surface area (Å²) >= 11 is 1.33. The van der Waals surface area contributed by atoms with E-state index in [9.17, 15) is 18.0 Å². The van der Waals surface area contributed by atoms with Gasteiger partial charge in [-0.2, -0.15) is 13.5 Å². The third-order valence-corrected chi connectivity index (χ3v) is 8.25. The maximum atomic E-state index is 12.9. The van der Waals surface area contributed by atoms with Crippen LogP contribution in [0.15, 0.2) is 66.0 Å². The van der Waals surface area contributed by atoms with Crippen LogP contribution in [0.25, 0.3) is 16.9 Å². The maximum Gasteiger partial charge on any atom is 0.347 e. The summed E-state index contributed by atoms with van der Waals surface area (Å²) in [6.45, 7) is 6.04. The van der Waals surface area contributed by atoms with Crippen molar-refractivity contribution in [3.05, 3.63) is 77.3 Å². The van der Waals surface area contributed by atoms with Crippen LogP contribution in [-0.4, -0.2) is 51.7 Å². The predicted molar refractivity (Wildman–Crippen MR) is 153 cm³/mol. The van der Waals surface area contributed by atoms with Gasteiger partial charge in [0.1, 0.15) is 5.82 Å². The molecular formula is C26H28N8O4S2. The van der Waals surface area contributed by atoms with Gasteiger partial charge in [0.2, 0.25) is 0 Å². The Morgan fingerprint density at radius 2 is 1.75 bits per heavy atom. The molecule has 0 radical (unpaired) electrons. The fourth-order valence-electron chi connectivity index (χ4n) is 3.93. The van der Waals surface area contributed by atoms with Crippen LogP contribution in [0.5, 0.6) is 0 Å². The van der Waals surface area contributed by atoms with Gasteiger partial charge in [-0.15, -0.1) is 11.3 Å². The van der Waals surface area contributed by atoms with Gasteiger partial charge in [-0.05, 0) is 17.7 Å². The van der Waals surface area contributed by atoms with Crippen molar-refractivity contribution < 1.29 is 18.0 Å². The summed E-state index contributed by atoms with van der Waals surface area (Å²) in [5.41, 5.74) is 3.52. The van der Waals surface area contributed by atoms with Crippen LogP contribution >= 0.6 is 11.3 Å². The Hall–Kier alpha value is -4.27. The molecule has 0 unspecified atom stereocenters. The molecule has 1 aliphatic heterocycles. The summed E-state index contributed by atoms with van der Waals surface area (Å²) < 4.78 is 28.9. The molecule has 4 aromatic rings. The van der Waals surface area contributed by atoms with Crippen LogP contribution in [0.4, 0.5) is 20.5 Å². The lowest BCUT2D eigenvalue weighted by molar-refractivity contribution is 0.132. The molecule has 40 heavy (non-hydrogen) atoms. The van der Waals surface area contributed by atoms with E-state index in [-0.39, 0.29) is 12.0 Å². The number of benzene rings is 2. The first-order valence-electron chi connectivity index (χ1n) is 12.3. The Kier molecular flexibility index (Phi) is 7.08. The second-order valence-corrected chi connectivity index (χ2v) is 12.6. The van der Waals surface area contributed by atoms with E-state index in [4.69, 9.17) is 5.10 Å². The van der Waals surface area contributed by atoms with Gasteiger partial charge < -0.3 is 0 Å². The molecule has 0 atom stereocenters. The van der Waals surface area contributed by atoms with Crippen molar-refractivity contribution in [3.8, 4) is 16.9 Å². The molecule has 0 saturated carbocycles. The zero-order valence-electron chi connectivity index (χ0n) is 22.2. The molecule has 0 aliphatic carbocycles. The Balaban J connectivity index is 1.35. The Labute approximate surface area is 235 Å². The van der Waals surface area contributed by atoms with E-state index in [2.05, 4.69) is 15.6 Å². The van der Waals surface area contributed by atoms with Crippen molar-refractivity contribution in [2.24, 2.45) is 0 Å². The van der Waals surface area contributed by atoms with E-state index in [0.717, 1.165) is 26.4 Å². The lowest BCUT2D eigenvalue weighted by Gasteiger charge is -2.20. The second-order valence-electron chi connectivity index (χ2n) is 10.1. The van der Waals surface area contributed by atoms with Crippen molar-refractivity contribution in [2.45, 2.75) is 32.7 Å². The molecule has 0 spiro atoms. The number of carbonyl (C=O) groups excluding carboxylic acids is 2. The molecular weight excluding hydrogens is 552 g/mol. The van der Waals surface area contributed by atoms with Crippen molar-refractivity contribution in [1.29, 1.82) is 0 Å². The lowest BCUT2D eigenvalue weighted by atomic mass is 9.92. The average molecular weight is 581 g/mol. The van der Waals surface area contributed by atoms with E-state index in [1.54, 1.807) is 28.9 Å². The highest BCUT2D eigenvalue weighted by Gasteiger charge is 2.38. The molecule has 4 amide bonds. The standard InChI is InChI=1S/C26H28N8O4S2/c1-26(2,3)21-14-22(28-23(35)29-24-27-20(16-39-24)18-8-6-5-7-9-18)34(30-21)19-12-10-17(11-13-19)15-33-32(4)25(36)31-40(33,37)38/h5-14,16H,15H2,1-4H3,(H,31,36)(H2,27,28,29,35). The summed E-state index contributed by atoms with van der Waals surface area (Å²) in [5.74, 6) is 0.451. The van der Waals surface area contributed by atoms with Gasteiger partial charge >= 0.3 is 22.3 Å². The summed E-state index contributed by atoms with van der Waals surface area (Å²) in [6.07, 6.45) is 0. The zero-order valence-corrected chi connectivity index (χ0v) is 23.9. The molecule has 1 aliphatic rings. The van der Waals surface area contributed by atoms with Crippen molar-refractivity contribution >= 4 is 44.6 Å². The molecule has 2 aromatic carbocycles. The molecule has 3 heterocycles. The van der Waals surface area contributed by atoms with Gasteiger partial charge in [-0.3, -0.25) is 10.6 Å². The molecule has 1 fully saturated rings. The van der Waals surface area contributed by atoms with Crippen LogP contribution in [-0.2, 0) is 22.2 Å². The van der Waals surface area contributed by atoms with E-state index in [1.165, 1.54) is 18.4 Å². The minimum absolute atomic E-state index is 0.0313. The number of rotatable bonds is 6. The molecule has 0 bridgehead atoms. The quantitative estimate of drug-likeness (QED) is 0.305. The molecule has 208 valence electrons. The predicted octanol–water partition coefficient (Wildman–Crippen LogP) is 4.55. The highest BCUT2D eigenvalue weighted by atomic mass is 32.2. The number of nitrogens with one attached hydrogen (secondary N) is 3. The van der Waals surface area contributed by atoms with Crippen LogP contribution in [0.3, 0.4) is 0 Å². The van der Waals surface area contributed by atoms with Crippen LogP contribution in [0.1, 0.15) is 32.0 Å². The first-order valence-corrected chi connectivity index (χ1v) is 14.6. The largest absolute Gasteiger partial charge is 0.347 e. The molecule has 1 saturated heterocycles. The molecule has 14 heteroatoms. The van der Waals surface area contributed by atoms with Crippen LogP contribution in [0, 0.1) is 0 Å². The number of nitrogens with zero attached hydrogens (tertiary/aromatic N) is 5. The van der Waals surface area contributed by atoms with E-state index >= 15 is 0 Å². The normalized spacial score (nSPS) is 15.2. The summed E-state index contributed by atoms with van der Waals surface area (Å²) in [4.78, 5) is 29.2. The number of aromatic nitrogens is 3. The van der Waals surface area contributed by atoms with Gasteiger partial charge in [-0.25, -0.2) is 29.0 Å². The number of thiazole rings is 1. The van der Waals surface area contributed by atoms with Gasteiger partial charge in [0.05, 0.1) is 23.6 Å². The molecule has 5 rings (SSSR count). The fourth-order valence-corrected chi connectivity index (χ4v) is 5.82. The van der Waals surface area contributed by atoms with E-state index in [1.807, 2.05) is 67.3 Å². The molecule has 3 N–H and O–H groups in total. The maximum absolute atomic E-state index is 12.9. The van der Waals surface area contributed by atoms with Crippen LogP contribution in [0.2, 0.25) is 0 Å². The third-order valence-electron chi connectivity index (χ3n) is 6.13. The van der Waals surface area contributed by atoms with Gasteiger partial charge in [0.15, 0.2) is 5.13 Å². The summed E-state index contributed by atoms with van der Waals surface area (Å²) in [7, 11) is -2.56. The van der Waals surface area contributed by atoms with Gasteiger partial charge in [-0.1, -0.05) is 67.6 Å². The summed E-state index contributed by atoms with van der Waals surface area (Å²) in [6, 6.07) is 17.3. The van der Waals surface area contributed by atoms with Gasteiger partial charge in [0, 0.05) is 29.5 Å². The van der Waals surface area contributed by atoms with Crippen LogP contribution < -0.4 is 15.4 Å². The Morgan fingerprint density at radius 3 is 2.38 bits per heavy atom. The van der Waals surface area contributed by atoms with E-state index in [0.29, 0.717) is 22.2 Å². The third kappa shape index (κ3) is 5.68. The first kappa shape index (κ1) is 27.3. The zero-order chi connectivity index (χ0) is 28.7. The lowest BCUT2D eigenvalue weighted by Crippen LogP contribution is -2.36. The smallest absolute Gasteiger partial charge is 0.292 e. The minimum Gasteiger partial charge on any atom is -0.292 e. The molecule has 2 aromatic heterocycles. The highest BCUT2D eigenvalue weighted by molar-refractivity contribution is 7.88. The topological polar surface area (TPSA) is 142 Å². The Bertz CT molecular complexity index is 1660.